The van der Waals surface area contributed by atoms with Crippen molar-refractivity contribution in [1.29, 1.82) is 0 Å². The summed E-state index contributed by atoms with van der Waals surface area (Å²) in [5.41, 5.74) is 0. The molecule has 0 atom stereocenters. The maximum Gasteiger partial charge on any atom is 0.299 e. The van der Waals surface area contributed by atoms with Crippen molar-refractivity contribution in [2.75, 3.05) is 6.61 Å². The van der Waals surface area contributed by atoms with Crippen molar-refractivity contribution in [3.05, 3.63) is 12.7 Å². The molecule has 0 amide bonds. The summed E-state index contributed by atoms with van der Waals surface area (Å²) in [5.74, 6) is 0. The van der Waals surface area contributed by atoms with E-state index >= 15 is 0 Å². The van der Waals surface area contributed by atoms with Gasteiger partial charge in [-0.15, -0.1) is 6.58 Å². The monoisotopic (exact) mass is 222 g/mol. The van der Waals surface area contributed by atoms with E-state index in [1.54, 1.807) is 0 Å². The van der Waals surface area contributed by atoms with Gasteiger partial charge in [0.15, 0.2) is 0 Å². The quantitative estimate of drug-likeness (QED) is 0.501. The van der Waals surface area contributed by atoms with Crippen LogP contribution in [0.25, 0.3) is 0 Å². The molecule has 11 heavy (non-hydrogen) atoms. The third-order valence-electron chi connectivity index (χ3n) is 0.661. The minimum atomic E-state index is -2.14. The summed E-state index contributed by atoms with van der Waals surface area (Å²) < 4.78 is 37.9. The van der Waals surface area contributed by atoms with Gasteiger partial charge in [-0.05, 0) is 0 Å². The van der Waals surface area contributed by atoms with Gasteiger partial charge >= 0.3 is 0 Å². The van der Waals surface area contributed by atoms with Crippen LogP contribution in [0.15, 0.2) is 12.7 Å². The fraction of sp³-hybridized carbons (Fsp3) is 0.500. The summed E-state index contributed by atoms with van der Waals surface area (Å²) in [4.78, 5) is 0. The first-order valence-electron chi connectivity index (χ1n) is 2.38. The topological polar surface area (TPSA) is 9.23 Å². The molecule has 0 saturated heterocycles. The highest BCUT2D eigenvalue weighted by atomic mass is 32.3. The van der Waals surface area contributed by atoms with Crippen LogP contribution in [-0.2, 0) is 4.74 Å². The molecule has 0 aliphatic carbocycles. The highest BCUT2D eigenvalue weighted by Gasteiger charge is 2.37. The fourth-order valence-electron chi connectivity index (χ4n) is 0.264. The normalized spacial score (nSPS) is 11.5. The fourth-order valence-corrected chi connectivity index (χ4v) is 0.887. The summed E-state index contributed by atoms with van der Waals surface area (Å²) in [6.45, 7) is 3.14. The summed E-state index contributed by atoms with van der Waals surface area (Å²) in [7, 11) is 0. The molecule has 0 unspecified atom stereocenters. The lowest BCUT2D eigenvalue weighted by Gasteiger charge is -2.17. The zero-order valence-electron chi connectivity index (χ0n) is 5.26. The van der Waals surface area contributed by atoms with Gasteiger partial charge in [-0.2, -0.15) is 11.7 Å². The van der Waals surface area contributed by atoms with Crippen molar-refractivity contribution in [2.45, 2.75) is 3.60 Å². The zero-order chi connectivity index (χ0) is 8.74. The molecule has 0 aromatic rings. The van der Waals surface area contributed by atoms with Crippen molar-refractivity contribution in [3.8, 4) is 0 Å². The van der Waals surface area contributed by atoms with Crippen LogP contribution < -0.4 is 0 Å². The molecule has 66 valence electrons. The molecule has 0 saturated carbocycles. The largest absolute Gasteiger partial charge is 0.336 e. The minimum Gasteiger partial charge on any atom is -0.336 e. The number of rotatable bonds is 6. The average molecular weight is 222 g/mol. The van der Waals surface area contributed by atoms with Crippen molar-refractivity contribution in [2.24, 2.45) is 0 Å². The molecule has 0 spiro atoms. The second-order valence-corrected chi connectivity index (χ2v) is 4.29. The summed E-state index contributed by atoms with van der Waals surface area (Å²) >= 11 is -1.61. The predicted octanol–water partition coefficient (Wildman–Crippen LogP) is 3.65. The molecular weight excluding hydrogens is 217 g/mol. The lowest BCUT2D eigenvalue weighted by molar-refractivity contribution is 0.168. The smallest absolute Gasteiger partial charge is 0.299 e. The standard InChI is InChI=1S/C4H5F3OS3/c1-2-3-8-4(9-5,10-6)11-7/h2H,1,3H2. The van der Waals surface area contributed by atoms with Crippen molar-refractivity contribution >= 4 is 36.4 Å². The Balaban J connectivity index is 3.93. The van der Waals surface area contributed by atoms with Gasteiger partial charge in [0.25, 0.3) is 3.60 Å². The van der Waals surface area contributed by atoms with Gasteiger partial charge in [-0.25, -0.2) is 0 Å². The van der Waals surface area contributed by atoms with E-state index in [9.17, 15) is 11.7 Å². The Bertz CT molecular complexity index is 111. The van der Waals surface area contributed by atoms with Crippen LogP contribution in [0.4, 0.5) is 11.7 Å². The number of ether oxygens (including phenoxy) is 1. The average Bonchev–Trinajstić information content (AvgIpc) is 2.08. The van der Waals surface area contributed by atoms with E-state index in [1.807, 2.05) is 0 Å². The lowest BCUT2D eigenvalue weighted by Crippen LogP contribution is -2.15. The van der Waals surface area contributed by atoms with E-state index in [0.29, 0.717) is 0 Å². The van der Waals surface area contributed by atoms with Crippen LogP contribution in [0.1, 0.15) is 0 Å². The Labute approximate surface area is 76.0 Å². The Morgan fingerprint density at radius 2 is 1.73 bits per heavy atom. The van der Waals surface area contributed by atoms with Gasteiger partial charge in [0.05, 0.1) is 6.61 Å². The molecule has 0 radical (unpaired) electrons. The second-order valence-electron chi connectivity index (χ2n) is 1.33. The number of hydrogen-bond acceptors (Lipinski definition) is 4. The van der Waals surface area contributed by atoms with Crippen LogP contribution in [0.2, 0.25) is 0 Å². The molecule has 0 aliphatic rings. The van der Waals surface area contributed by atoms with Crippen molar-refractivity contribution < 1.29 is 16.4 Å². The molecule has 0 aliphatic heterocycles. The van der Waals surface area contributed by atoms with Crippen LogP contribution in [0.3, 0.4) is 0 Å². The Morgan fingerprint density at radius 3 is 2.00 bits per heavy atom. The number of halogens is 3. The first-order chi connectivity index (χ1) is 5.24. The molecule has 0 heterocycles. The van der Waals surface area contributed by atoms with Gasteiger partial charge in [-0.3, -0.25) is 0 Å². The summed E-state index contributed by atoms with van der Waals surface area (Å²) in [5, 5.41) is 0. The van der Waals surface area contributed by atoms with E-state index in [0.717, 1.165) is 0 Å². The van der Waals surface area contributed by atoms with Crippen molar-refractivity contribution in [1.82, 2.24) is 0 Å². The Morgan fingerprint density at radius 1 is 1.27 bits per heavy atom. The lowest BCUT2D eigenvalue weighted by atomic mass is 10.7. The molecular formula is C4H5F3OS3. The molecule has 1 nitrogen and oxygen atoms in total. The van der Waals surface area contributed by atoms with Crippen molar-refractivity contribution in [3.63, 3.8) is 0 Å². The molecule has 7 heteroatoms. The minimum absolute atomic E-state index is 0.106. The molecule has 0 N–H and O–H groups in total. The number of hydrogen-bond donors (Lipinski definition) is 0. The molecule has 0 bridgehead atoms. The van der Waals surface area contributed by atoms with Crippen LogP contribution in [-0.4, -0.2) is 10.2 Å². The van der Waals surface area contributed by atoms with E-state index in [2.05, 4.69) is 11.3 Å². The summed E-state index contributed by atoms with van der Waals surface area (Å²) in [6, 6.07) is 0. The highest BCUT2D eigenvalue weighted by molar-refractivity contribution is 8.29. The zero-order valence-corrected chi connectivity index (χ0v) is 7.71. The first kappa shape index (κ1) is 11.5. The molecule has 0 aromatic heterocycles. The summed E-state index contributed by atoms with van der Waals surface area (Å²) in [6.07, 6.45) is 1.28. The SMILES string of the molecule is C=CCOC(SF)(SF)SF. The molecule has 0 fully saturated rings. The maximum atomic E-state index is 11.9. The maximum absolute atomic E-state index is 11.9. The highest BCUT2D eigenvalue weighted by Crippen LogP contribution is 2.49. The van der Waals surface area contributed by atoms with E-state index in [4.69, 9.17) is 0 Å². The molecule has 0 aromatic carbocycles. The molecule has 0 rings (SSSR count). The van der Waals surface area contributed by atoms with Gasteiger partial charge in [0.2, 0.25) is 0 Å². The van der Waals surface area contributed by atoms with Crippen LogP contribution >= 0.6 is 36.4 Å². The van der Waals surface area contributed by atoms with E-state index < -0.39 is 40.0 Å². The second kappa shape index (κ2) is 6.10. The van der Waals surface area contributed by atoms with Crippen LogP contribution in [0, 0.1) is 0 Å². The Kier molecular flexibility index (Phi) is 6.40. The van der Waals surface area contributed by atoms with Gasteiger partial charge < -0.3 is 4.74 Å². The third kappa shape index (κ3) is 3.64. The predicted molar refractivity (Wildman–Crippen MR) is 45.0 cm³/mol. The van der Waals surface area contributed by atoms with Gasteiger partial charge in [0.1, 0.15) is 36.4 Å². The van der Waals surface area contributed by atoms with Crippen LogP contribution in [0.5, 0.6) is 0 Å². The van der Waals surface area contributed by atoms with Gasteiger partial charge in [0, 0.05) is 0 Å². The van der Waals surface area contributed by atoms with E-state index in [1.165, 1.54) is 6.08 Å². The Hall–Kier alpha value is 0.540. The third-order valence-corrected chi connectivity index (χ3v) is 2.72. The van der Waals surface area contributed by atoms with E-state index in [-0.39, 0.29) is 6.61 Å². The van der Waals surface area contributed by atoms with Gasteiger partial charge in [-0.1, -0.05) is 6.08 Å². The first-order valence-corrected chi connectivity index (χ1v) is 4.54.